The summed E-state index contributed by atoms with van der Waals surface area (Å²) in [6.45, 7) is 2.18. The minimum absolute atomic E-state index is 0.300. The molecule has 0 aromatic heterocycles. The first-order valence-corrected chi connectivity index (χ1v) is 7.27. The number of anilines is 1. The lowest BCUT2D eigenvalue weighted by Crippen LogP contribution is -2.07. The Morgan fingerprint density at radius 3 is 2.57 bits per heavy atom. The molecular weight excluding hydrogens is 337 g/mol. The van der Waals surface area contributed by atoms with Gasteiger partial charge in [0, 0.05) is 11.0 Å². The molecule has 110 valence electrons. The van der Waals surface area contributed by atoms with E-state index < -0.39 is 11.9 Å². The molecule has 0 bridgehead atoms. The third-order valence-corrected chi connectivity index (χ3v) is 3.95. The molecule has 0 saturated carbocycles. The number of aliphatic carboxylic acids is 1. The van der Waals surface area contributed by atoms with Crippen molar-refractivity contribution in [2.75, 3.05) is 5.32 Å². The summed E-state index contributed by atoms with van der Waals surface area (Å²) in [5.41, 5.74) is 2.43. The van der Waals surface area contributed by atoms with Gasteiger partial charge in [-0.25, -0.2) is 4.39 Å². The van der Waals surface area contributed by atoms with E-state index in [2.05, 4.69) is 21.2 Å². The number of carbonyl (C=O) groups is 1. The van der Waals surface area contributed by atoms with Crippen molar-refractivity contribution < 1.29 is 14.3 Å². The molecule has 0 aliphatic carbocycles. The third kappa shape index (κ3) is 4.04. The van der Waals surface area contributed by atoms with Crippen LogP contribution in [0.25, 0.3) is 0 Å². The minimum atomic E-state index is -0.843. The van der Waals surface area contributed by atoms with Crippen LogP contribution >= 0.6 is 15.9 Å². The summed E-state index contributed by atoms with van der Waals surface area (Å²) < 4.78 is 14.0. The van der Waals surface area contributed by atoms with Gasteiger partial charge in [0.25, 0.3) is 0 Å². The zero-order valence-corrected chi connectivity index (χ0v) is 13.0. The van der Waals surface area contributed by atoms with Crippen LogP contribution in [0.1, 0.15) is 24.0 Å². The lowest BCUT2D eigenvalue weighted by Gasteiger charge is -2.10. The highest BCUT2D eigenvalue weighted by Gasteiger charge is 2.12. The highest BCUT2D eigenvalue weighted by atomic mass is 79.9. The van der Waals surface area contributed by atoms with Gasteiger partial charge in [-0.3, -0.25) is 4.79 Å². The highest BCUT2D eigenvalue weighted by molar-refractivity contribution is 9.10. The molecule has 1 atom stereocenters. The summed E-state index contributed by atoms with van der Waals surface area (Å²) in [6.07, 6.45) is 0. The lowest BCUT2D eigenvalue weighted by atomic mass is 10.00. The molecule has 3 nitrogen and oxygen atoms in total. The summed E-state index contributed by atoms with van der Waals surface area (Å²) >= 11 is 3.36. The molecule has 0 spiro atoms. The maximum Gasteiger partial charge on any atom is 0.310 e. The highest BCUT2D eigenvalue weighted by Crippen LogP contribution is 2.24. The van der Waals surface area contributed by atoms with Gasteiger partial charge in [0.05, 0.1) is 11.6 Å². The quantitative estimate of drug-likeness (QED) is 0.839. The van der Waals surface area contributed by atoms with E-state index in [0.717, 1.165) is 15.6 Å². The van der Waals surface area contributed by atoms with Crippen LogP contribution in [-0.4, -0.2) is 11.1 Å². The molecule has 2 N–H and O–H groups in total. The van der Waals surface area contributed by atoms with Gasteiger partial charge in [-0.15, -0.1) is 0 Å². The van der Waals surface area contributed by atoms with Gasteiger partial charge in [0.15, 0.2) is 0 Å². The summed E-state index contributed by atoms with van der Waals surface area (Å²) in [5, 5.41) is 12.1. The fraction of sp³-hybridized carbons (Fsp3) is 0.188. The topological polar surface area (TPSA) is 49.3 Å². The Morgan fingerprint density at radius 2 is 1.95 bits per heavy atom. The standard InChI is InChI=1S/C16H15BrFNO2/c1-10(16(20)21)12-4-2-11(3-5-12)9-19-15-8-13(18)6-7-14(15)17/h2-8,10,19H,9H2,1H3,(H,20,21). The van der Waals surface area contributed by atoms with E-state index in [1.807, 2.05) is 12.1 Å². The number of rotatable bonds is 5. The van der Waals surface area contributed by atoms with Crippen molar-refractivity contribution in [3.8, 4) is 0 Å². The summed E-state index contributed by atoms with van der Waals surface area (Å²) in [4.78, 5) is 10.9. The SMILES string of the molecule is CC(C(=O)O)c1ccc(CNc2cc(F)ccc2Br)cc1. The van der Waals surface area contributed by atoms with E-state index in [1.165, 1.54) is 12.1 Å². The lowest BCUT2D eigenvalue weighted by molar-refractivity contribution is -0.138. The maximum absolute atomic E-state index is 13.2. The van der Waals surface area contributed by atoms with Crippen molar-refractivity contribution in [1.82, 2.24) is 0 Å². The average molecular weight is 352 g/mol. The second-order valence-corrected chi connectivity index (χ2v) is 5.63. The van der Waals surface area contributed by atoms with E-state index in [9.17, 15) is 9.18 Å². The van der Waals surface area contributed by atoms with Gasteiger partial charge in [-0.05, 0) is 52.2 Å². The van der Waals surface area contributed by atoms with E-state index in [0.29, 0.717) is 12.2 Å². The van der Waals surface area contributed by atoms with Crippen LogP contribution in [0.5, 0.6) is 0 Å². The molecule has 0 fully saturated rings. The third-order valence-electron chi connectivity index (χ3n) is 3.26. The second-order valence-electron chi connectivity index (χ2n) is 4.78. The fourth-order valence-corrected chi connectivity index (χ4v) is 2.28. The number of hydrogen-bond donors (Lipinski definition) is 2. The van der Waals surface area contributed by atoms with Crippen LogP contribution in [-0.2, 0) is 11.3 Å². The molecular formula is C16H15BrFNO2. The number of hydrogen-bond acceptors (Lipinski definition) is 2. The number of carboxylic acids is 1. The fourth-order valence-electron chi connectivity index (χ4n) is 1.90. The second kappa shape index (κ2) is 6.72. The number of carboxylic acid groups (broad SMARTS) is 1. The average Bonchev–Trinajstić information content (AvgIpc) is 2.48. The Kier molecular flexibility index (Phi) is 4.96. The summed E-state index contributed by atoms with van der Waals surface area (Å²) in [5.74, 6) is -1.67. The van der Waals surface area contributed by atoms with Crippen molar-refractivity contribution in [2.24, 2.45) is 0 Å². The molecule has 1 unspecified atom stereocenters. The van der Waals surface area contributed by atoms with Gasteiger partial charge in [0.1, 0.15) is 5.82 Å². The summed E-state index contributed by atoms with van der Waals surface area (Å²) in [7, 11) is 0. The zero-order valence-electron chi connectivity index (χ0n) is 11.4. The Morgan fingerprint density at radius 1 is 1.29 bits per heavy atom. The molecule has 21 heavy (non-hydrogen) atoms. The Bertz CT molecular complexity index is 643. The Balaban J connectivity index is 2.04. The van der Waals surface area contributed by atoms with Crippen molar-refractivity contribution in [1.29, 1.82) is 0 Å². The monoisotopic (exact) mass is 351 g/mol. The molecule has 5 heteroatoms. The number of nitrogens with one attached hydrogen (secondary N) is 1. The zero-order chi connectivity index (χ0) is 15.4. The molecule has 2 aromatic rings. The predicted octanol–water partition coefficient (Wildman–Crippen LogP) is 4.39. The van der Waals surface area contributed by atoms with E-state index in [1.54, 1.807) is 25.1 Å². The normalized spacial score (nSPS) is 12.0. The molecule has 0 aliphatic heterocycles. The number of benzene rings is 2. The Hall–Kier alpha value is -1.88. The van der Waals surface area contributed by atoms with Crippen LogP contribution in [0.3, 0.4) is 0 Å². The maximum atomic E-state index is 13.2. The van der Waals surface area contributed by atoms with Crippen molar-refractivity contribution >= 4 is 27.6 Å². The molecule has 0 aliphatic rings. The number of halogens is 2. The first-order chi connectivity index (χ1) is 9.97. The molecule has 0 heterocycles. The summed E-state index contributed by atoms with van der Waals surface area (Å²) in [6, 6.07) is 11.8. The van der Waals surface area contributed by atoms with E-state index in [-0.39, 0.29) is 5.82 Å². The van der Waals surface area contributed by atoms with Gasteiger partial charge >= 0.3 is 5.97 Å². The van der Waals surface area contributed by atoms with E-state index in [4.69, 9.17) is 5.11 Å². The van der Waals surface area contributed by atoms with Crippen LogP contribution in [0, 0.1) is 5.82 Å². The van der Waals surface area contributed by atoms with Crippen LogP contribution in [0.4, 0.5) is 10.1 Å². The largest absolute Gasteiger partial charge is 0.481 e. The molecule has 2 rings (SSSR count). The molecule has 2 aromatic carbocycles. The van der Waals surface area contributed by atoms with E-state index >= 15 is 0 Å². The van der Waals surface area contributed by atoms with Crippen molar-refractivity contribution in [2.45, 2.75) is 19.4 Å². The van der Waals surface area contributed by atoms with Crippen LogP contribution in [0.15, 0.2) is 46.9 Å². The molecule has 0 radical (unpaired) electrons. The Labute approximate surface area is 130 Å². The van der Waals surface area contributed by atoms with Crippen LogP contribution in [0.2, 0.25) is 0 Å². The minimum Gasteiger partial charge on any atom is -0.481 e. The van der Waals surface area contributed by atoms with Gasteiger partial charge < -0.3 is 10.4 Å². The molecule has 0 amide bonds. The van der Waals surface area contributed by atoms with Crippen LogP contribution < -0.4 is 5.32 Å². The predicted molar refractivity (Wildman–Crippen MR) is 83.9 cm³/mol. The molecule has 0 saturated heterocycles. The van der Waals surface area contributed by atoms with Gasteiger partial charge in [-0.1, -0.05) is 24.3 Å². The first-order valence-electron chi connectivity index (χ1n) is 6.48. The van der Waals surface area contributed by atoms with Crippen molar-refractivity contribution in [3.05, 3.63) is 63.9 Å². The van der Waals surface area contributed by atoms with Gasteiger partial charge in [0.2, 0.25) is 0 Å². The van der Waals surface area contributed by atoms with Gasteiger partial charge in [-0.2, -0.15) is 0 Å². The smallest absolute Gasteiger partial charge is 0.310 e. The first kappa shape index (κ1) is 15.5. The van der Waals surface area contributed by atoms with Crippen molar-refractivity contribution in [3.63, 3.8) is 0 Å².